The summed E-state index contributed by atoms with van der Waals surface area (Å²) in [6.07, 6.45) is 1.54. The molecule has 0 aromatic carbocycles. The van der Waals surface area contributed by atoms with Crippen LogP contribution in [0.15, 0.2) is 17.4 Å². The van der Waals surface area contributed by atoms with Crippen LogP contribution in [0.1, 0.15) is 4.88 Å². The van der Waals surface area contributed by atoms with Gasteiger partial charge in [0.1, 0.15) is 16.2 Å². The SMILES string of the molecule is Cc1cc2c(SCCF)ncnc2s1. The molecule has 74 valence electrons. The Morgan fingerprint density at radius 3 is 3.14 bits per heavy atom. The molecule has 0 spiro atoms. The van der Waals surface area contributed by atoms with Crippen molar-refractivity contribution in [1.29, 1.82) is 0 Å². The first kappa shape index (κ1) is 9.86. The predicted molar refractivity (Wildman–Crippen MR) is 58.9 cm³/mol. The number of fused-ring (bicyclic) bond motifs is 1. The zero-order chi connectivity index (χ0) is 9.97. The molecule has 2 nitrogen and oxygen atoms in total. The number of halogens is 1. The Kier molecular flexibility index (Phi) is 2.98. The summed E-state index contributed by atoms with van der Waals surface area (Å²) in [5.41, 5.74) is 0. The third-order valence-corrected chi connectivity index (χ3v) is 3.65. The number of thioether (sulfide) groups is 1. The van der Waals surface area contributed by atoms with Crippen LogP contribution in [-0.4, -0.2) is 22.4 Å². The Morgan fingerprint density at radius 2 is 2.36 bits per heavy atom. The van der Waals surface area contributed by atoms with Crippen molar-refractivity contribution in [1.82, 2.24) is 9.97 Å². The second-order valence-corrected chi connectivity index (χ2v) is 5.11. The van der Waals surface area contributed by atoms with Crippen molar-refractivity contribution in [3.8, 4) is 0 Å². The Morgan fingerprint density at radius 1 is 1.50 bits per heavy atom. The van der Waals surface area contributed by atoms with Crippen LogP contribution in [-0.2, 0) is 0 Å². The Labute approximate surface area is 89.6 Å². The molecule has 0 radical (unpaired) electrons. The minimum absolute atomic E-state index is 0.320. The van der Waals surface area contributed by atoms with Crippen molar-refractivity contribution in [2.75, 3.05) is 12.4 Å². The molecule has 0 saturated carbocycles. The standard InChI is InChI=1S/C9H9FN2S2/c1-6-4-7-8(13-3-2-10)11-5-12-9(7)14-6/h4-5H,2-3H2,1H3. The number of thiophene rings is 1. The number of nitrogens with zero attached hydrogens (tertiary/aromatic N) is 2. The minimum Gasteiger partial charge on any atom is -0.250 e. The van der Waals surface area contributed by atoms with E-state index < -0.39 is 0 Å². The third kappa shape index (κ3) is 1.88. The lowest BCUT2D eigenvalue weighted by Crippen LogP contribution is -1.86. The predicted octanol–water partition coefficient (Wildman–Crippen LogP) is 3.06. The first-order valence-corrected chi connectivity index (χ1v) is 6.01. The number of aromatic nitrogens is 2. The van der Waals surface area contributed by atoms with E-state index in [4.69, 9.17) is 0 Å². The van der Waals surface area contributed by atoms with Crippen LogP contribution in [0.25, 0.3) is 10.2 Å². The molecular formula is C9H9FN2S2. The molecule has 0 N–H and O–H groups in total. The van der Waals surface area contributed by atoms with Crippen LogP contribution in [0.2, 0.25) is 0 Å². The van der Waals surface area contributed by atoms with Gasteiger partial charge in [-0.25, -0.2) is 9.97 Å². The highest BCUT2D eigenvalue weighted by atomic mass is 32.2. The van der Waals surface area contributed by atoms with Crippen LogP contribution in [0.3, 0.4) is 0 Å². The first-order valence-electron chi connectivity index (χ1n) is 4.21. The van der Waals surface area contributed by atoms with E-state index in [1.165, 1.54) is 16.6 Å². The second-order valence-electron chi connectivity index (χ2n) is 2.79. The number of hydrogen-bond acceptors (Lipinski definition) is 4. The lowest BCUT2D eigenvalue weighted by atomic mass is 10.4. The summed E-state index contributed by atoms with van der Waals surface area (Å²) in [4.78, 5) is 10.5. The van der Waals surface area contributed by atoms with Gasteiger partial charge in [-0.15, -0.1) is 23.1 Å². The van der Waals surface area contributed by atoms with E-state index in [-0.39, 0.29) is 6.67 Å². The van der Waals surface area contributed by atoms with Crippen LogP contribution >= 0.6 is 23.1 Å². The van der Waals surface area contributed by atoms with Crippen molar-refractivity contribution in [3.05, 3.63) is 17.3 Å². The molecule has 5 heteroatoms. The Hall–Kier alpha value is -0.680. The number of aryl methyl sites for hydroxylation is 1. The van der Waals surface area contributed by atoms with Gasteiger partial charge in [-0.05, 0) is 13.0 Å². The highest BCUT2D eigenvalue weighted by Gasteiger charge is 2.06. The second kappa shape index (κ2) is 4.23. The lowest BCUT2D eigenvalue weighted by Gasteiger charge is -1.97. The van der Waals surface area contributed by atoms with Crippen LogP contribution < -0.4 is 0 Å². The van der Waals surface area contributed by atoms with E-state index in [2.05, 4.69) is 16.0 Å². The van der Waals surface area contributed by atoms with Gasteiger partial charge in [-0.3, -0.25) is 4.39 Å². The molecule has 0 aliphatic rings. The molecule has 0 amide bonds. The van der Waals surface area contributed by atoms with E-state index >= 15 is 0 Å². The van der Waals surface area contributed by atoms with E-state index in [1.807, 2.05) is 6.92 Å². The van der Waals surface area contributed by atoms with E-state index in [0.29, 0.717) is 5.75 Å². The van der Waals surface area contributed by atoms with E-state index in [0.717, 1.165) is 15.2 Å². The quantitative estimate of drug-likeness (QED) is 0.596. The molecule has 0 aliphatic heterocycles. The maximum Gasteiger partial charge on any atom is 0.128 e. The normalized spacial score (nSPS) is 11.0. The fourth-order valence-electron chi connectivity index (χ4n) is 1.20. The molecule has 14 heavy (non-hydrogen) atoms. The van der Waals surface area contributed by atoms with Gasteiger partial charge in [0, 0.05) is 16.0 Å². The zero-order valence-corrected chi connectivity index (χ0v) is 9.29. The number of hydrogen-bond donors (Lipinski definition) is 0. The zero-order valence-electron chi connectivity index (χ0n) is 7.66. The fraction of sp³-hybridized carbons (Fsp3) is 0.333. The van der Waals surface area contributed by atoms with Gasteiger partial charge in [0.15, 0.2) is 0 Å². The molecule has 2 rings (SSSR count). The van der Waals surface area contributed by atoms with Crippen LogP contribution in [0.4, 0.5) is 4.39 Å². The summed E-state index contributed by atoms with van der Waals surface area (Å²) < 4.78 is 12.0. The molecule has 0 unspecified atom stereocenters. The van der Waals surface area contributed by atoms with Crippen LogP contribution in [0.5, 0.6) is 0 Å². The molecular weight excluding hydrogens is 219 g/mol. The van der Waals surface area contributed by atoms with Gasteiger partial charge >= 0.3 is 0 Å². The van der Waals surface area contributed by atoms with Gasteiger partial charge in [0.2, 0.25) is 0 Å². The van der Waals surface area contributed by atoms with Gasteiger partial charge in [-0.2, -0.15) is 0 Å². The summed E-state index contributed by atoms with van der Waals surface area (Å²) in [7, 11) is 0. The summed E-state index contributed by atoms with van der Waals surface area (Å²) in [5.74, 6) is 0.459. The maximum absolute atomic E-state index is 12.0. The topological polar surface area (TPSA) is 25.8 Å². The molecule has 0 fully saturated rings. The molecule has 0 saturated heterocycles. The van der Waals surface area contributed by atoms with Gasteiger partial charge in [0.25, 0.3) is 0 Å². The van der Waals surface area contributed by atoms with Crippen molar-refractivity contribution in [2.24, 2.45) is 0 Å². The molecule has 0 aliphatic carbocycles. The molecule has 2 heterocycles. The fourth-order valence-corrected chi connectivity index (χ4v) is 2.82. The monoisotopic (exact) mass is 228 g/mol. The van der Waals surface area contributed by atoms with E-state index in [1.54, 1.807) is 17.7 Å². The largest absolute Gasteiger partial charge is 0.250 e. The van der Waals surface area contributed by atoms with Gasteiger partial charge in [-0.1, -0.05) is 0 Å². The summed E-state index contributed by atoms with van der Waals surface area (Å²) in [5, 5.41) is 1.94. The number of rotatable bonds is 3. The van der Waals surface area contributed by atoms with Crippen LogP contribution in [0, 0.1) is 6.92 Å². The molecule has 2 aromatic rings. The molecule has 2 aromatic heterocycles. The average Bonchev–Trinajstić information content (AvgIpc) is 2.55. The maximum atomic E-state index is 12.0. The highest BCUT2D eigenvalue weighted by molar-refractivity contribution is 7.99. The number of alkyl halides is 1. The molecule has 0 atom stereocenters. The summed E-state index contributed by atoms with van der Waals surface area (Å²) in [6, 6.07) is 2.06. The van der Waals surface area contributed by atoms with Crippen molar-refractivity contribution in [3.63, 3.8) is 0 Å². The Bertz CT molecular complexity index is 441. The van der Waals surface area contributed by atoms with Crippen molar-refractivity contribution in [2.45, 2.75) is 11.9 Å². The average molecular weight is 228 g/mol. The first-order chi connectivity index (χ1) is 6.81. The summed E-state index contributed by atoms with van der Waals surface area (Å²) >= 11 is 3.09. The highest BCUT2D eigenvalue weighted by Crippen LogP contribution is 2.29. The molecule has 0 bridgehead atoms. The van der Waals surface area contributed by atoms with Crippen molar-refractivity contribution < 1.29 is 4.39 Å². The minimum atomic E-state index is -0.320. The Balaban J connectivity index is 2.42. The van der Waals surface area contributed by atoms with E-state index in [9.17, 15) is 4.39 Å². The van der Waals surface area contributed by atoms with Crippen molar-refractivity contribution >= 4 is 33.3 Å². The smallest absolute Gasteiger partial charge is 0.128 e. The third-order valence-electron chi connectivity index (χ3n) is 1.73. The van der Waals surface area contributed by atoms with Gasteiger partial charge < -0.3 is 0 Å². The van der Waals surface area contributed by atoms with Gasteiger partial charge in [0.05, 0.1) is 6.67 Å². The summed E-state index contributed by atoms with van der Waals surface area (Å²) in [6.45, 7) is 1.72. The lowest BCUT2D eigenvalue weighted by molar-refractivity contribution is 0.532.